The standard InChI is InChI=1S/C18H23NO/c1-13(2)14-6-9-18(20,10-7-14)17-5-3-4-15-8-11-19-12-16(15)17/h3-5,8,11-14,20H,6-7,9-10H2,1-2H3. The maximum atomic E-state index is 11.1. The van der Waals surface area contributed by atoms with Gasteiger partial charge in [-0.15, -0.1) is 0 Å². The summed E-state index contributed by atoms with van der Waals surface area (Å²) in [5.74, 6) is 1.47. The van der Waals surface area contributed by atoms with Gasteiger partial charge < -0.3 is 5.11 Å². The summed E-state index contributed by atoms with van der Waals surface area (Å²) in [7, 11) is 0. The van der Waals surface area contributed by atoms with Gasteiger partial charge in [0.25, 0.3) is 0 Å². The zero-order chi connectivity index (χ0) is 14.2. The van der Waals surface area contributed by atoms with Gasteiger partial charge in [0.05, 0.1) is 5.60 Å². The minimum Gasteiger partial charge on any atom is -0.385 e. The summed E-state index contributed by atoms with van der Waals surface area (Å²) in [6, 6.07) is 8.22. The van der Waals surface area contributed by atoms with E-state index in [-0.39, 0.29) is 0 Å². The molecule has 2 nitrogen and oxygen atoms in total. The molecule has 106 valence electrons. The van der Waals surface area contributed by atoms with Crippen LogP contribution in [0.15, 0.2) is 36.7 Å². The highest BCUT2D eigenvalue weighted by Crippen LogP contribution is 2.43. The molecule has 1 fully saturated rings. The van der Waals surface area contributed by atoms with Crippen molar-refractivity contribution in [1.29, 1.82) is 0 Å². The highest BCUT2D eigenvalue weighted by Gasteiger charge is 2.36. The van der Waals surface area contributed by atoms with Gasteiger partial charge in [-0.05, 0) is 54.5 Å². The van der Waals surface area contributed by atoms with Crippen LogP contribution in [-0.4, -0.2) is 10.1 Å². The van der Waals surface area contributed by atoms with E-state index in [2.05, 4.69) is 31.0 Å². The SMILES string of the molecule is CC(C)C1CCC(O)(c2cccc3ccncc23)CC1. The lowest BCUT2D eigenvalue weighted by Crippen LogP contribution is -2.33. The molecule has 1 saturated carbocycles. The molecule has 1 aliphatic rings. The van der Waals surface area contributed by atoms with Crippen LogP contribution < -0.4 is 0 Å². The van der Waals surface area contributed by atoms with Gasteiger partial charge in [-0.1, -0.05) is 32.0 Å². The van der Waals surface area contributed by atoms with Crippen molar-refractivity contribution in [2.24, 2.45) is 11.8 Å². The molecule has 0 atom stereocenters. The van der Waals surface area contributed by atoms with E-state index in [0.717, 1.165) is 47.9 Å². The van der Waals surface area contributed by atoms with Gasteiger partial charge in [0.2, 0.25) is 0 Å². The summed E-state index contributed by atoms with van der Waals surface area (Å²) >= 11 is 0. The third-order valence-electron chi connectivity index (χ3n) is 4.99. The van der Waals surface area contributed by atoms with Crippen LogP contribution in [0.3, 0.4) is 0 Å². The molecule has 1 aliphatic carbocycles. The lowest BCUT2D eigenvalue weighted by molar-refractivity contribution is -0.0187. The summed E-state index contributed by atoms with van der Waals surface area (Å²) < 4.78 is 0. The Balaban J connectivity index is 1.95. The largest absolute Gasteiger partial charge is 0.385 e. The Bertz CT molecular complexity index is 592. The summed E-state index contributed by atoms with van der Waals surface area (Å²) in [6.45, 7) is 4.58. The monoisotopic (exact) mass is 269 g/mol. The number of pyridine rings is 1. The van der Waals surface area contributed by atoms with E-state index in [1.807, 2.05) is 24.5 Å². The zero-order valence-electron chi connectivity index (χ0n) is 12.3. The lowest BCUT2D eigenvalue weighted by Gasteiger charge is -2.38. The van der Waals surface area contributed by atoms with Gasteiger partial charge in [-0.2, -0.15) is 0 Å². The number of aromatic nitrogens is 1. The maximum Gasteiger partial charge on any atom is 0.0903 e. The summed E-state index contributed by atoms with van der Waals surface area (Å²) in [5, 5.41) is 13.4. The molecule has 1 N–H and O–H groups in total. The maximum absolute atomic E-state index is 11.1. The van der Waals surface area contributed by atoms with E-state index in [9.17, 15) is 5.11 Å². The smallest absolute Gasteiger partial charge is 0.0903 e. The molecule has 1 aromatic heterocycles. The summed E-state index contributed by atoms with van der Waals surface area (Å²) in [5.41, 5.74) is 0.388. The normalized spacial score (nSPS) is 27.1. The van der Waals surface area contributed by atoms with Gasteiger partial charge in [0.15, 0.2) is 0 Å². The predicted molar refractivity (Wildman–Crippen MR) is 82.4 cm³/mol. The first kappa shape index (κ1) is 13.6. The van der Waals surface area contributed by atoms with Crippen LogP contribution in [0.1, 0.15) is 45.1 Å². The molecule has 0 saturated heterocycles. The number of hydrogen-bond acceptors (Lipinski definition) is 2. The minimum atomic E-state index is -0.673. The van der Waals surface area contributed by atoms with Crippen LogP contribution in [0.2, 0.25) is 0 Å². The van der Waals surface area contributed by atoms with E-state index in [1.54, 1.807) is 0 Å². The van der Waals surface area contributed by atoms with Gasteiger partial charge in [0.1, 0.15) is 0 Å². The average molecular weight is 269 g/mol. The quantitative estimate of drug-likeness (QED) is 0.883. The fraction of sp³-hybridized carbons (Fsp3) is 0.500. The van der Waals surface area contributed by atoms with E-state index in [1.165, 1.54) is 0 Å². The average Bonchev–Trinajstić information content (AvgIpc) is 2.47. The van der Waals surface area contributed by atoms with Gasteiger partial charge in [-0.25, -0.2) is 0 Å². The van der Waals surface area contributed by atoms with Crippen molar-refractivity contribution in [1.82, 2.24) is 4.98 Å². The number of nitrogens with zero attached hydrogens (tertiary/aromatic N) is 1. The second-order valence-electron chi connectivity index (χ2n) is 6.52. The molecule has 2 heteroatoms. The minimum absolute atomic E-state index is 0.673. The van der Waals surface area contributed by atoms with Crippen molar-refractivity contribution in [2.45, 2.75) is 45.1 Å². The Hall–Kier alpha value is -1.41. The molecule has 0 aliphatic heterocycles. The Morgan fingerprint density at radius 2 is 1.95 bits per heavy atom. The number of benzene rings is 1. The second kappa shape index (κ2) is 5.17. The molecule has 3 rings (SSSR count). The topological polar surface area (TPSA) is 33.1 Å². The summed E-state index contributed by atoms with van der Waals surface area (Å²) in [4.78, 5) is 4.23. The number of rotatable bonds is 2. The first-order valence-electron chi connectivity index (χ1n) is 7.66. The van der Waals surface area contributed by atoms with E-state index >= 15 is 0 Å². The number of fused-ring (bicyclic) bond motifs is 1. The van der Waals surface area contributed by atoms with E-state index in [4.69, 9.17) is 0 Å². The summed E-state index contributed by atoms with van der Waals surface area (Å²) in [6.07, 6.45) is 7.66. The Morgan fingerprint density at radius 1 is 1.20 bits per heavy atom. The van der Waals surface area contributed by atoms with Crippen LogP contribution in [0.25, 0.3) is 10.8 Å². The fourth-order valence-electron chi connectivity index (χ4n) is 3.57. The molecular formula is C18H23NO. The van der Waals surface area contributed by atoms with E-state index in [0.29, 0.717) is 5.92 Å². The molecule has 0 spiro atoms. The van der Waals surface area contributed by atoms with Crippen molar-refractivity contribution >= 4 is 10.8 Å². The first-order valence-corrected chi connectivity index (χ1v) is 7.66. The van der Waals surface area contributed by atoms with Crippen LogP contribution in [-0.2, 0) is 5.60 Å². The fourth-order valence-corrected chi connectivity index (χ4v) is 3.57. The third-order valence-corrected chi connectivity index (χ3v) is 4.99. The number of aliphatic hydroxyl groups is 1. The third kappa shape index (κ3) is 2.33. The second-order valence-corrected chi connectivity index (χ2v) is 6.52. The predicted octanol–water partition coefficient (Wildman–Crippen LogP) is 4.27. The molecule has 1 heterocycles. The van der Waals surface area contributed by atoms with Crippen LogP contribution in [0.5, 0.6) is 0 Å². The van der Waals surface area contributed by atoms with E-state index < -0.39 is 5.60 Å². The number of hydrogen-bond donors (Lipinski definition) is 1. The Labute approximate surface area is 120 Å². The van der Waals surface area contributed by atoms with Crippen molar-refractivity contribution in [2.75, 3.05) is 0 Å². The van der Waals surface area contributed by atoms with Crippen molar-refractivity contribution < 1.29 is 5.11 Å². The molecule has 0 unspecified atom stereocenters. The van der Waals surface area contributed by atoms with Crippen molar-refractivity contribution in [3.63, 3.8) is 0 Å². The molecule has 2 aromatic rings. The first-order chi connectivity index (χ1) is 9.60. The molecule has 0 amide bonds. The van der Waals surface area contributed by atoms with Gasteiger partial charge >= 0.3 is 0 Å². The zero-order valence-corrected chi connectivity index (χ0v) is 12.3. The van der Waals surface area contributed by atoms with Crippen LogP contribution >= 0.6 is 0 Å². The van der Waals surface area contributed by atoms with Crippen molar-refractivity contribution in [3.8, 4) is 0 Å². The van der Waals surface area contributed by atoms with Crippen LogP contribution in [0, 0.1) is 11.8 Å². The van der Waals surface area contributed by atoms with Crippen LogP contribution in [0.4, 0.5) is 0 Å². The Morgan fingerprint density at radius 3 is 2.65 bits per heavy atom. The van der Waals surface area contributed by atoms with Gasteiger partial charge in [-0.3, -0.25) is 4.98 Å². The Kier molecular flexibility index (Phi) is 3.51. The molecule has 0 bridgehead atoms. The van der Waals surface area contributed by atoms with Crippen molar-refractivity contribution in [3.05, 3.63) is 42.2 Å². The molecule has 0 radical (unpaired) electrons. The van der Waals surface area contributed by atoms with Gasteiger partial charge in [0, 0.05) is 17.8 Å². The lowest BCUT2D eigenvalue weighted by atomic mass is 9.71. The highest BCUT2D eigenvalue weighted by atomic mass is 16.3. The highest BCUT2D eigenvalue weighted by molar-refractivity contribution is 5.85. The molecule has 1 aromatic carbocycles. The molecule has 20 heavy (non-hydrogen) atoms. The molecular weight excluding hydrogens is 246 g/mol.